The van der Waals surface area contributed by atoms with E-state index in [1.54, 1.807) is 12.1 Å². The molecule has 0 spiro atoms. The van der Waals surface area contributed by atoms with E-state index in [-0.39, 0.29) is 11.9 Å². The topological polar surface area (TPSA) is 56.1 Å². The number of likely N-dealkylation sites (tertiary alicyclic amines) is 1. The summed E-state index contributed by atoms with van der Waals surface area (Å²) in [5, 5.41) is 13.2. The van der Waals surface area contributed by atoms with Crippen LogP contribution in [-0.2, 0) is 4.79 Å². The van der Waals surface area contributed by atoms with Gasteiger partial charge in [-0.25, -0.2) is 0 Å². The van der Waals surface area contributed by atoms with E-state index in [1.807, 2.05) is 71.6 Å². The Morgan fingerprint density at radius 1 is 1.03 bits per heavy atom. The average Bonchev–Trinajstić information content (AvgIpc) is 3.28. The number of nitriles is 1. The molecule has 1 aliphatic heterocycles. The molecule has 1 saturated heterocycles. The number of anilines is 1. The Bertz CT molecular complexity index is 1060. The molecule has 3 aromatic rings. The number of carbonyl (C=O) groups excluding carboxylic acids is 1. The van der Waals surface area contributed by atoms with Gasteiger partial charge < -0.3 is 10.2 Å². The number of rotatable bonds is 5. The number of hydrogen-bond donors (Lipinski definition) is 1. The first-order valence-electron chi connectivity index (χ1n) is 10.0. The predicted molar refractivity (Wildman–Crippen MR) is 119 cm³/mol. The lowest BCUT2D eigenvalue weighted by atomic mass is 10.0. The van der Waals surface area contributed by atoms with Crippen molar-refractivity contribution in [3.05, 3.63) is 101 Å². The van der Waals surface area contributed by atoms with Crippen LogP contribution < -0.4 is 5.32 Å². The minimum absolute atomic E-state index is 0.00554. The maximum Gasteiger partial charge on any atom is 0.250 e. The molecule has 2 unspecified atom stereocenters. The standard InChI is InChI=1S/C25H22ClN3O/c26-22-10-5-4-9-21(22)23-11-6-16-29(23)25(30)24(28-20-7-2-1-3-8-20)19-14-12-18(17-27)13-15-19/h1-5,7-10,12-15,23-24,28H,6,11,16H2. The molecule has 5 heteroatoms. The summed E-state index contributed by atoms with van der Waals surface area (Å²) in [5.41, 5.74) is 3.25. The lowest BCUT2D eigenvalue weighted by molar-refractivity contribution is -0.133. The van der Waals surface area contributed by atoms with Crippen molar-refractivity contribution in [3.8, 4) is 6.07 Å². The molecule has 0 aliphatic carbocycles. The van der Waals surface area contributed by atoms with Crippen LogP contribution >= 0.6 is 11.6 Å². The van der Waals surface area contributed by atoms with E-state index in [0.717, 1.165) is 29.7 Å². The number of benzene rings is 3. The van der Waals surface area contributed by atoms with Gasteiger partial charge in [-0.2, -0.15) is 5.26 Å². The Hall–Kier alpha value is -3.29. The number of para-hydroxylation sites is 1. The highest BCUT2D eigenvalue weighted by atomic mass is 35.5. The van der Waals surface area contributed by atoms with E-state index in [0.29, 0.717) is 17.1 Å². The molecule has 0 saturated carbocycles. The van der Waals surface area contributed by atoms with E-state index in [4.69, 9.17) is 16.9 Å². The Kier molecular flexibility index (Phi) is 6.02. The monoisotopic (exact) mass is 415 g/mol. The van der Waals surface area contributed by atoms with Crippen molar-refractivity contribution < 1.29 is 4.79 Å². The van der Waals surface area contributed by atoms with Crippen LogP contribution in [0.4, 0.5) is 5.69 Å². The van der Waals surface area contributed by atoms with E-state index < -0.39 is 6.04 Å². The predicted octanol–water partition coefficient (Wildman–Crippen LogP) is 5.73. The highest BCUT2D eigenvalue weighted by Gasteiger charge is 2.35. The van der Waals surface area contributed by atoms with Crippen molar-refractivity contribution >= 4 is 23.2 Å². The molecule has 1 N–H and O–H groups in total. The Morgan fingerprint density at radius 2 is 1.73 bits per heavy atom. The lowest BCUT2D eigenvalue weighted by Gasteiger charge is -2.30. The van der Waals surface area contributed by atoms with Crippen molar-refractivity contribution in [3.63, 3.8) is 0 Å². The molecule has 3 aromatic carbocycles. The first kappa shape index (κ1) is 20.0. The van der Waals surface area contributed by atoms with E-state index >= 15 is 0 Å². The average molecular weight is 416 g/mol. The summed E-state index contributed by atoms with van der Waals surface area (Å²) >= 11 is 6.45. The molecular weight excluding hydrogens is 394 g/mol. The van der Waals surface area contributed by atoms with Gasteiger partial charge in [0.25, 0.3) is 0 Å². The van der Waals surface area contributed by atoms with Gasteiger partial charge in [0.2, 0.25) is 5.91 Å². The van der Waals surface area contributed by atoms with Gasteiger partial charge in [0.05, 0.1) is 17.7 Å². The summed E-state index contributed by atoms with van der Waals surface area (Å²) in [7, 11) is 0. The molecule has 30 heavy (non-hydrogen) atoms. The van der Waals surface area contributed by atoms with Crippen molar-refractivity contribution in [2.45, 2.75) is 24.9 Å². The Morgan fingerprint density at radius 3 is 2.43 bits per heavy atom. The fourth-order valence-corrected chi connectivity index (χ4v) is 4.27. The minimum Gasteiger partial charge on any atom is -0.370 e. The van der Waals surface area contributed by atoms with Crippen LogP contribution in [0.1, 0.15) is 41.6 Å². The molecule has 2 atom stereocenters. The van der Waals surface area contributed by atoms with Crippen LogP contribution in [0.3, 0.4) is 0 Å². The largest absolute Gasteiger partial charge is 0.370 e. The molecule has 1 fully saturated rings. The van der Waals surface area contributed by atoms with Crippen LogP contribution in [0.2, 0.25) is 5.02 Å². The van der Waals surface area contributed by atoms with Crippen LogP contribution in [0.15, 0.2) is 78.9 Å². The first-order chi connectivity index (χ1) is 14.7. The minimum atomic E-state index is -0.553. The third-order valence-corrected chi connectivity index (χ3v) is 5.85. The highest BCUT2D eigenvalue weighted by Crippen LogP contribution is 2.38. The van der Waals surface area contributed by atoms with Crippen LogP contribution in [0, 0.1) is 11.3 Å². The van der Waals surface area contributed by atoms with Crippen LogP contribution in [0.5, 0.6) is 0 Å². The van der Waals surface area contributed by atoms with Gasteiger partial charge in [0.15, 0.2) is 0 Å². The van der Waals surface area contributed by atoms with Gasteiger partial charge in [-0.05, 0) is 54.3 Å². The number of amides is 1. The number of carbonyl (C=O) groups is 1. The fourth-order valence-electron chi connectivity index (χ4n) is 4.00. The van der Waals surface area contributed by atoms with Gasteiger partial charge in [0, 0.05) is 17.3 Å². The second-order valence-electron chi connectivity index (χ2n) is 7.39. The smallest absolute Gasteiger partial charge is 0.250 e. The van der Waals surface area contributed by atoms with Gasteiger partial charge in [-0.3, -0.25) is 4.79 Å². The second kappa shape index (κ2) is 9.02. The number of nitrogens with zero attached hydrogens (tertiary/aromatic N) is 2. The zero-order valence-electron chi connectivity index (χ0n) is 16.5. The molecule has 4 rings (SSSR count). The van der Waals surface area contributed by atoms with Crippen molar-refractivity contribution in [2.75, 3.05) is 11.9 Å². The van der Waals surface area contributed by atoms with Crippen LogP contribution in [0.25, 0.3) is 0 Å². The summed E-state index contributed by atoms with van der Waals surface area (Å²) in [6, 6.07) is 26.2. The third kappa shape index (κ3) is 4.17. The molecule has 1 heterocycles. The first-order valence-corrected chi connectivity index (χ1v) is 10.4. The summed E-state index contributed by atoms with van der Waals surface area (Å²) in [4.78, 5) is 15.7. The molecule has 4 nitrogen and oxygen atoms in total. The number of halogens is 1. The third-order valence-electron chi connectivity index (χ3n) is 5.50. The maximum atomic E-state index is 13.8. The molecule has 0 radical (unpaired) electrons. The Labute approximate surface area is 181 Å². The molecule has 0 bridgehead atoms. The zero-order chi connectivity index (χ0) is 20.9. The van der Waals surface area contributed by atoms with Gasteiger partial charge in [-0.15, -0.1) is 0 Å². The lowest BCUT2D eigenvalue weighted by Crippen LogP contribution is -2.37. The van der Waals surface area contributed by atoms with Gasteiger partial charge >= 0.3 is 0 Å². The van der Waals surface area contributed by atoms with E-state index in [9.17, 15) is 4.79 Å². The summed E-state index contributed by atoms with van der Waals surface area (Å²) in [6.45, 7) is 0.692. The van der Waals surface area contributed by atoms with Crippen LogP contribution in [-0.4, -0.2) is 17.4 Å². The van der Waals surface area contributed by atoms with Crippen molar-refractivity contribution in [2.24, 2.45) is 0 Å². The summed E-state index contributed by atoms with van der Waals surface area (Å²) in [6.07, 6.45) is 1.83. The van der Waals surface area contributed by atoms with Gasteiger partial charge in [0.1, 0.15) is 6.04 Å². The van der Waals surface area contributed by atoms with E-state index in [1.165, 1.54) is 0 Å². The molecule has 150 valence electrons. The number of hydrogen-bond acceptors (Lipinski definition) is 3. The zero-order valence-corrected chi connectivity index (χ0v) is 17.2. The fraction of sp³-hybridized carbons (Fsp3) is 0.200. The van der Waals surface area contributed by atoms with Crippen molar-refractivity contribution in [1.82, 2.24) is 4.90 Å². The normalized spacial score (nSPS) is 16.7. The number of nitrogens with one attached hydrogen (secondary N) is 1. The second-order valence-corrected chi connectivity index (χ2v) is 7.80. The quantitative estimate of drug-likeness (QED) is 0.579. The SMILES string of the molecule is N#Cc1ccc(C(Nc2ccccc2)C(=O)N2CCCC2c2ccccc2Cl)cc1. The molecule has 0 aromatic heterocycles. The maximum absolute atomic E-state index is 13.8. The summed E-state index contributed by atoms with van der Waals surface area (Å²) in [5.74, 6) is 0.00554. The molecule has 1 aliphatic rings. The highest BCUT2D eigenvalue weighted by molar-refractivity contribution is 6.31. The van der Waals surface area contributed by atoms with Crippen molar-refractivity contribution in [1.29, 1.82) is 5.26 Å². The molecule has 1 amide bonds. The van der Waals surface area contributed by atoms with Gasteiger partial charge in [-0.1, -0.05) is 60.1 Å². The molecular formula is C25H22ClN3O. The van der Waals surface area contributed by atoms with E-state index in [2.05, 4.69) is 11.4 Å². The summed E-state index contributed by atoms with van der Waals surface area (Å²) < 4.78 is 0. The Balaban J connectivity index is 1.67.